The molecule has 0 aliphatic heterocycles. The van der Waals surface area contributed by atoms with Crippen molar-refractivity contribution >= 4 is 27.3 Å². The second-order valence-corrected chi connectivity index (χ2v) is 8.01. The van der Waals surface area contributed by atoms with Crippen molar-refractivity contribution in [2.45, 2.75) is 11.8 Å². The van der Waals surface area contributed by atoms with E-state index in [0.717, 1.165) is 16.4 Å². The molecule has 0 aliphatic carbocycles. The third-order valence-corrected chi connectivity index (χ3v) is 5.66. The van der Waals surface area contributed by atoms with Crippen LogP contribution in [0.4, 0.5) is 24.5 Å². The van der Waals surface area contributed by atoms with Crippen LogP contribution in [0.1, 0.15) is 5.56 Å². The monoisotopic (exact) mass is 401 g/mol. The third kappa shape index (κ3) is 4.58. The molecule has 6 nitrogen and oxygen atoms in total. The number of carbonyl (C=O) groups excluding carboxylic acids is 1. The highest BCUT2D eigenvalue weighted by atomic mass is 32.2. The Balaban J connectivity index is 2.12. The van der Waals surface area contributed by atoms with Crippen LogP contribution >= 0.6 is 0 Å². The first kappa shape index (κ1) is 20.7. The molecule has 2 aromatic rings. The van der Waals surface area contributed by atoms with E-state index in [2.05, 4.69) is 10.6 Å². The molecule has 0 spiro atoms. The van der Waals surface area contributed by atoms with E-state index in [1.165, 1.54) is 32.3 Å². The zero-order valence-electron chi connectivity index (χ0n) is 14.8. The average molecular weight is 401 g/mol. The molecule has 0 saturated heterocycles. The lowest BCUT2D eigenvalue weighted by molar-refractivity contribution is -0.114. The summed E-state index contributed by atoms with van der Waals surface area (Å²) in [5, 5.41) is 4.82. The van der Waals surface area contributed by atoms with Crippen LogP contribution in [0.3, 0.4) is 0 Å². The molecular formula is C17H18F3N3O3S. The first-order valence-electron chi connectivity index (χ1n) is 7.74. The predicted molar refractivity (Wildman–Crippen MR) is 95.5 cm³/mol. The second kappa shape index (κ2) is 7.97. The van der Waals surface area contributed by atoms with E-state index in [-0.39, 0.29) is 16.3 Å². The average Bonchev–Trinajstić information content (AvgIpc) is 2.60. The van der Waals surface area contributed by atoms with Gasteiger partial charge in [0.1, 0.15) is 0 Å². The number of sulfonamides is 1. The number of anilines is 2. The SMILES string of the molecule is Cc1ccc(NC(=O)CNc2ccc(F)c(F)c2F)cc1S(=O)(=O)N(C)C. The molecule has 0 fully saturated rings. The smallest absolute Gasteiger partial charge is 0.243 e. The summed E-state index contributed by atoms with van der Waals surface area (Å²) in [5.41, 5.74) is 0.353. The molecule has 2 N–H and O–H groups in total. The number of nitrogens with one attached hydrogen (secondary N) is 2. The van der Waals surface area contributed by atoms with Gasteiger partial charge < -0.3 is 10.6 Å². The zero-order valence-corrected chi connectivity index (χ0v) is 15.6. The summed E-state index contributed by atoms with van der Waals surface area (Å²) in [5.74, 6) is -5.04. The number of aryl methyl sites for hydroxylation is 1. The molecular weight excluding hydrogens is 383 g/mol. The van der Waals surface area contributed by atoms with E-state index < -0.39 is 39.9 Å². The van der Waals surface area contributed by atoms with Crippen molar-refractivity contribution in [1.29, 1.82) is 0 Å². The third-order valence-electron chi connectivity index (χ3n) is 3.71. The minimum atomic E-state index is -3.70. The summed E-state index contributed by atoms with van der Waals surface area (Å²) in [6.45, 7) is 1.18. The fourth-order valence-corrected chi connectivity index (χ4v) is 3.34. The first-order valence-corrected chi connectivity index (χ1v) is 9.18. The largest absolute Gasteiger partial charge is 0.374 e. The lowest BCUT2D eigenvalue weighted by Crippen LogP contribution is -2.24. The molecule has 0 saturated carbocycles. The summed E-state index contributed by atoms with van der Waals surface area (Å²) >= 11 is 0. The molecule has 0 heterocycles. The Labute approximate surface area is 155 Å². The van der Waals surface area contributed by atoms with Crippen LogP contribution in [0.25, 0.3) is 0 Å². The van der Waals surface area contributed by atoms with Crippen LogP contribution in [0.5, 0.6) is 0 Å². The van der Waals surface area contributed by atoms with Crippen molar-refractivity contribution in [3.8, 4) is 0 Å². The summed E-state index contributed by atoms with van der Waals surface area (Å²) in [4.78, 5) is 12.0. The van der Waals surface area contributed by atoms with E-state index in [1.54, 1.807) is 6.92 Å². The fourth-order valence-electron chi connectivity index (χ4n) is 2.20. The highest BCUT2D eigenvalue weighted by Gasteiger charge is 2.20. The molecule has 2 aromatic carbocycles. The van der Waals surface area contributed by atoms with Gasteiger partial charge in [0, 0.05) is 19.8 Å². The molecule has 27 heavy (non-hydrogen) atoms. The number of amides is 1. The molecule has 0 aromatic heterocycles. The van der Waals surface area contributed by atoms with Gasteiger partial charge in [-0.15, -0.1) is 0 Å². The molecule has 0 unspecified atom stereocenters. The van der Waals surface area contributed by atoms with Crippen molar-refractivity contribution in [2.24, 2.45) is 0 Å². The van der Waals surface area contributed by atoms with Gasteiger partial charge in [0.25, 0.3) is 0 Å². The Kier molecular flexibility index (Phi) is 6.11. The van der Waals surface area contributed by atoms with E-state index in [4.69, 9.17) is 0 Å². The minimum absolute atomic E-state index is 0.0323. The van der Waals surface area contributed by atoms with Crippen LogP contribution in [-0.4, -0.2) is 39.3 Å². The molecule has 0 atom stereocenters. The minimum Gasteiger partial charge on any atom is -0.374 e. The van der Waals surface area contributed by atoms with Crippen LogP contribution < -0.4 is 10.6 Å². The number of hydrogen-bond acceptors (Lipinski definition) is 4. The van der Waals surface area contributed by atoms with Crippen LogP contribution in [-0.2, 0) is 14.8 Å². The molecule has 1 amide bonds. The standard InChI is InChI=1S/C17H18F3N3O3S/c1-10-4-5-11(8-14(10)27(25,26)23(2)3)22-15(24)9-21-13-7-6-12(18)16(19)17(13)20/h4-8,21H,9H2,1-3H3,(H,22,24). The summed E-state index contributed by atoms with van der Waals surface area (Å²) in [7, 11) is -0.918. The number of halogens is 3. The molecule has 10 heteroatoms. The highest BCUT2D eigenvalue weighted by Crippen LogP contribution is 2.23. The first-order chi connectivity index (χ1) is 12.5. The van der Waals surface area contributed by atoms with Crippen molar-refractivity contribution in [3.05, 3.63) is 53.3 Å². The maximum absolute atomic E-state index is 13.6. The summed E-state index contributed by atoms with van der Waals surface area (Å²) in [6, 6.07) is 6.06. The molecule has 0 bridgehead atoms. The zero-order chi connectivity index (χ0) is 20.4. The number of benzene rings is 2. The van der Waals surface area contributed by atoms with E-state index >= 15 is 0 Å². The molecule has 0 radical (unpaired) electrons. The topological polar surface area (TPSA) is 78.5 Å². The normalized spacial score (nSPS) is 11.5. The molecule has 2 rings (SSSR count). The van der Waals surface area contributed by atoms with Crippen LogP contribution in [0.15, 0.2) is 35.2 Å². The lowest BCUT2D eigenvalue weighted by atomic mass is 10.2. The van der Waals surface area contributed by atoms with Crippen LogP contribution in [0, 0.1) is 24.4 Å². The second-order valence-electron chi connectivity index (χ2n) is 5.89. The van der Waals surface area contributed by atoms with Crippen molar-refractivity contribution in [3.63, 3.8) is 0 Å². The van der Waals surface area contributed by atoms with Gasteiger partial charge in [-0.3, -0.25) is 4.79 Å². The predicted octanol–water partition coefficient (Wildman–Crippen LogP) is 2.71. The Hall–Kier alpha value is -2.59. The molecule has 146 valence electrons. The van der Waals surface area contributed by atoms with Crippen molar-refractivity contribution < 1.29 is 26.4 Å². The van der Waals surface area contributed by atoms with Gasteiger partial charge >= 0.3 is 0 Å². The van der Waals surface area contributed by atoms with E-state index in [1.807, 2.05) is 0 Å². The van der Waals surface area contributed by atoms with Crippen molar-refractivity contribution in [1.82, 2.24) is 4.31 Å². The van der Waals surface area contributed by atoms with Gasteiger partial charge in [0.2, 0.25) is 15.9 Å². The quantitative estimate of drug-likeness (QED) is 0.730. The maximum atomic E-state index is 13.6. The summed E-state index contributed by atoms with van der Waals surface area (Å²) in [6.07, 6.45) is 0. The maximum Gasteiger partial charge on any atom is 0.243 e. The van der Waals surface area contributed by atoms with Crippen LogP contribution in [0.2, 0.25) is 0 Å². The Morgan fingerprint density at radius 2 is 1.74 bits per heavy atom. The van der Waals surface area contributed by atoms with E-state index in [9.17, 15) is 26.4 Å². The number of carbonyl (C=O) groups is 1. The highest BCUT2D eigenvalue weighted by molar-refractivity contribution is 7.89. The lowest BCUT2D eigenvalue weighted by Gasteiger charge is -2.15. The Bertz CT molecular complexity index is 979. The molecule has 0 aliphatic rings. The van der Waals surface area contributed by atoms with Gasteiger partial charge in [0.15, 0.2) is 17.5 Å². The van der Waals surface area contributed by atoms with Crippen molar-refractivity contribution in [2.75, 3.05) is 31.3 Å². The fraction of sp³-hybridized carbons (Fsp3) is 0.235. The van der Waals surface area contributed by atoms with Gasteiger partial charge in [-0.2, -0.15) is 0 Å². The number of rotatable bonds is 6. The van der Waals surface area contributed by atoms with E-state index in [0.29, 0.717) is 5.56 Å². The number of hydrogen-bond donors (Lipinski definition) is 2. The number of nitrogens with zero attached hydrogens (tertiary/aromatic N) is 1. The summed E-state index contributed by atoms with van der Waals surface area (Å²) < 4.78 is 65.3. The Morgan fingerprint density at radius 1 is 1.07 bits per heavy atom. The van der Waals surface area contributed by atoms with Gasteiger partial charge in [-0.25, -0.2) is 25.9 Å². The Morgan fingerprint density at radius 3 is 2.37 bits per heavy atom. The van der Waals surface area contributed by atoms with Gasteiger partial charge in [-0.1, -0.05) is 6.07 Å². The van der Waals surface area contributed by atoms with Gasteiger partial charge in [0.05, 0.1) is 17.1 Å². The van der Waals surface area contributed by atoms with Gasteiger partial charge in [-0.05, 0) is 36.8 Å².